The third-order valence-corrected chi connectivity index (χ3v) is 3.46. The van der Waals surface area contributed by atoms with Crippen LogP contribution in [-0.4, -0.2) is 19.9 Å². The van der Waals surface area contributed by atoms with Gasteiger partial charge in [-0.2, -0.15) is 0 Å². The Morgan fingerprint density at radius 1 is 0.850 bits per heavy atom. The van der Waals surface area contributed by atoms with Crippen LogP contribution in [0.1, 0.15) is 0 Å². The van der Waals surface area contributed by atoms with E-state index >= 15 is 0 Å². The van der Waals surface area contributed by atoms with E-state index in [1.807, 2.05) is 36.4 Å². The molecule has 2 aromatic carbocycles. The molecule has 0 saturated heterocycles. The largest absolute Gasteiger partial charge is 0.338 e. The van der Waals surface area contributed by atoms with Gasteiger partial charge in [0.2, 0.25) is 0 Å². The predicted molar refractivity (Wildman–Crippen MR) is 79.6 cm³/mol. The molecule has 2 aromatic heterocycles. The molecule has 0 saturated carbocycles. The van der Waals surface area contributed by atoms with Crippen molar-refractivity contribution in [2.75, 3.05) is 0 Å². The number of H-pyrrole nitrogens is 1. The smallest absolute Gasteiger partial charge is 0.138 e. The lowest BCUT2D eigenvalue weighted by Gasteiger charge is -1.95. The number of halogens is 1. The molecule has 2 heterocycles. The van der Waals surface area contributed by atoms with Gasteiger partial charge in [0.1, 0.15) is 16.9 Å². The van der Waals surface area contributed by atoms with Crippen molar-refractivity contribution in [1.82, 2.24) is 19.9 Å². The van der Waals surface area contributed by atoms with E-state index in [1.165, 1.54) is 0 Å². The number of aromatic nitrogens is 4. The van der Waals surface area contributed by atoms with Crippen LogP contribution in [0.15, 0.2) is 48.8 Å². The summed E-state index contributed by atoms with van der Waals surface area (Å²) in [5.41, 5.74) is 4.42. The van der Waals surface area contributed by atoms with Crippen molar-refractivity contribution in [2.45, 2.75) is 0 Å². The highest BCUT2D eigenvalue weighted by Gasteiger charge is 2.09. The van der Waals surface area contributed by atoms with Crippen LogP contribution in [0.5, 0.6) is 0 Å². The van der Waals surface area contributed by atoms with E-state index in [-0.39, 0.29) is 0 Å². The summed E-state index contributed by atoms with van der Waals surface area (Å²) in [5, 5.41) is 0.709. The minimum Gasteiger partial charge on any atom is -0.338 e. The number of nitrogens with zero attached hydrogens (tertiary/aromatic N) is 3. The highest BCUT2D eigenvalue weighted by Crippen LogP contribution is 2.25. The van der Waals surface area contributed by atoms with E-state index in [2.05, 4.69) is 19.9 Å². The van der Waals surface area contributed by atoms with Gasteiger partial charge in [0.25, 0.3) is 0 Å². The molecule has 0 fully saturated rings. The van der Waals surface area contributed by atoms with Crippen molar-refractivity contribution in [2.24, 2.45) is 0 Å². The van der Waals surface area contributed by atoms with E-state index in [1.54, 1.807) is 12.4 Å². The van der Waals surface area contributed by atoms with Crippen LogP contribution < -0.4 is 0 Å². The molecule has 4 rings (SSSR count). The maximum Gasteiger partial charge on any atom is 0.138 e. The molecule has 96 valence electrons. The van der Waals surface area contributed by atoms with E-state index in [9.17, 15) is 0 Å². The van der Waals surface area contributed by atoms with Crippen LogP contribution in [0.25, 0.3) is 33.5 Å². The van der Waals surface area contributed by atoms with Crippen molar-refractivity contribution in [1.29, 1.82) is 0 Å². The van der Waals surface area contributed by atoms with E-state index in [0.717, 1.165) is 33.5 Å². The molecule has 0 atom stereocenters. The van der Waals surface area contributed by atoms with Crippen molar-refractivity contribution in [3.8, 4) is 11.4 Å². The lowest BCUT2D eigenvalue weighted by Crippen LogP contribution is -1.83. The fraction of sp³-hybridized carbons (Fsp3) is 0. The number of imidazole rings is 1. The van der Waals surface area contributed by atoms with Crippen molar-refractivity contribution in [3.63, 3.8) is 0 Å². The minimum absolute atomic E-state index is 0.709. The average molecular weight is 281 g/mol. The maximum atomic E-state index is 5.91. The fourth-order valence-corrected chi connectivity index (χ4v) is 2.37. The number of nitrogens with one attached hydrogen (secondary N) is 1. The van der Waals surface area contributed by atoms with Gasteiger partial charge in [0.15, 0.2) is 0 Å². The molecule has 5 heteroatoms. The molecular weight excluding hydrogens is 272 g/mol. The second kappa shape index (κ2) is 4.28. The molecule has 4 aromatic rings. The zero-order valence-corrected chi connectivity index (χ0v) is 11.1. The number of rotatable bonds is 1. The second-order valence-corrected chi connectivity index (χ2v) is 4.91. The first-order valence-electron chi connectivity index (χ1n) is 6.17. The molecule has 0 bridgehead atoms. The molecule has 0 spiro atoms. The van der Waals surface area contributed by atoms with Crippen molar-refractivity contribution in [3.05, 3.63) is 53.8 Å². The molecule has 0 amide bonds. The average Bonchev–Trinajstić information content (AvgIpc) is 2.92. The minimum atomic E-state index is 0.709. The van der Waals surface area contributed by atoms with Gasteiger partial charge < -0.3 is 4.98 Å². The molecule has 0 radical (unpaired) electrons. The molecule has 1 N–H and O–H groups in total. The first kappa shape index (κ1) is 11.4. The third kappa shape index (κ3) is 1.73. The summed E-state index contributed by atoms with van der Waals surface area (Å²) in [6.07, 6.45) is 3.36. The highest BCUT2D eigenvalue weighted by atomic mass is 35.5. The Bertz CT molecular complexity index is 912. The maximum absolute atomic E-state index is 5.91. The standard InChI is InChI=1S/C15H9ClN4/c16-10-3-1-9(2-4-10)15-19-12-6-5-11-13(14(12)20-15)18-8-7-17-11/h1-8H,(H,19,20). The first-order valence-corrected chi connectivity index (χ1v) is 6.54. The fourth-order valence-electron chi connectivity index (χ4n) is 2.25. The quantitative estimate of drug-likeness (QED) is 0.576. The molecule has 4 nitrogen and oxygen atoms in total. The van der Waals surface area contributed by atoms with E-state index < -0.39 is 0 Å². The van der Waals surface area contributed by atoms with Gasteiger partial charge in [-0.1, -0.05) is 11.6 Å². The summed E-state index contributed by atoms with van der Waals surface area (Å²) in [6, 6.07) is 11.5. The molecule has 0 aliphatic carbocycles. The Kier molecular flexibility index (Phi) is 2.44. The van der Waals surface area contributed by atoms with Gasteiger partial charge in [-0.3, -0.25) is 9.97 Å². The molecule has 0 aliphatic heterocycles. The van der Waals surface area contributed by atoms with Gasteiger partial charge in [-0.05, 0) is 36.4 Å². The summed E-state index contributed by atoms with van der Waals surface area (Å²) in [4.78, 5) is 16.6. The number of fused-ring (bicyclic) bond motifs is 3. The lowest BCUT2D eigenvalue weighted by molar-refractivity contribution is 1.29. The van der Waals surface area contributed by atoms with Gasteiger partial charge in [0, 0.05) is 23.0 Å². The second-order valence-electron chi connectivity index (χ2n) is 4.48. The first-order chi connectivity index (χ1) is 9.81. The number of hydrogen-bond donors (Lipinski definition) is 1. The van der Waals surface area contributed by atoms with Gasteiger partial charge in [0.05, 0.1) is 11.0 Å². The van der Waals surface area contributed by atoms with E-state index in [4.69, 9.17) is 11.6 Å². The van der Waals surface area contributed by atoms with Crippen LogP contribution in [0.4, 0.5) is 0 Å². The van der Waals surface area contributed by atoms with Crippen molar-refractivity contribution < 1.29 is 0 Å². The zero-order valence-electron chi connectivity index (χ0n) is 10.3. The summed E-state index contributed by atoms with van der Waals surface area (Å²) in [5.74, 6) is 0.801. The van der Waals surface area contributed by atoms with E-state index in [0.29, 0.717) is 5.02 Å². The van der Waals surface area contributed by atoms with Crippen LogP contribution in [0.2, 0.25) is 5.02 Å². The topological polar surface area (TPSA) is 54.5 Å². The third-order valence-electron chi connectivity index (χ3n) is 3.21. The van der Waals surface area contributed by atoms with Crippen LogP contribution in [0.3, 0.4) is 0 Å². The summed E-state index contributed by atoms with van der Waals surface area (Å²) >= 11 is 5.91. The molecule has 0 unspecified atom stereocenters. The highest BCUT2D eigenvalue weighted by molar-refractivity contribution is 6.30. The monoisotopic (exact) mass is 280 g/mol. The summed E-state index contributed by atoms with van der Waals surface area (Å²) in [7, 11) is 0. The Morgan fingerprint density at radius 3 is 2.50 bits per heavy atom. The van der Waals surface area contributed by atoms with Crippen LogP contribution in [0, 0.1) is 0 Å². The van der Waals surface area contributed by atoms with Crippen LogP contribution in [-0.2, 0) is 0 Å². The normalized spacial score (nSPS) is 11.2. The Hall–Kier alpha value is -2.46. The Balaban J connectivity index is 1.98. The Morgan fingerprint density at radius 2 is 1.65 bits per heavy atom. The number of hydrogen-bond acceptors (Lipinski definition) is 3. The Labute approximate surface area is 119 Å². The van der Waals surface area contributed by atoms with Crippen molar-refractivity contribution >= 4 is 33.7 Å². The summed E-state index contributed by atoms with van der Waals surface area (Å²) < 4.78 is 0. The molecular formula is C15H9ClN4. The van der Waals surface area contributed by atoms with Gasteiger partial charge >= 0.3 is 0 Å². The summed E-state index contributed by atoms with van der Waals surface area (Å²) in [6.45, 7) is 0. The van der Waals surface area contributed by atoms with Gasteiger partial charge in [-0.25, -0.2) is 4.98 Å². The lowest BCUT2D eigenvalue weighted by atomic mass is 10.2. The molecule has 20 heavy (non-hydrogen) atoms. The number of benzene rings is 2. The SMILES string of the molecule is Clc1ccc(-c2nc3c(ccc4nccnc43)[nH]2)cc1. The van der Waals surface area contributed by atoms with Gasteiger partial charge in [-0.15, -0.1) is 0 Å². The predicted octanol–water partition coefficient (Wildman–Crippen LogP) is 3.83. The molecule has 0 aliphatic rings. The zero-order chi connectivity index (χ0) is 13.5. The van der Waals surface area contributed by atoms with Crippen LogP contribution >= 0.6 is 11.6 Å². The number of aromatic amines is 1.